The summed E-state index contributed by atoms with van der Waals surface area (Å²) in [5.41, 5.74) is -0.213. The fraction of sp³-hybridized carbons (Fsp3) is 0.500. The van der Waals surface area contributed by atoms with Crippen LogP contribution >= 0.6 is 11.6 Å². The van der Waals surface area contributed by atoms with Crippen LogP contribution in [0.15, 0.2) is 18.2 Å². The summed E-state index contributed by atoms with van der Waals surface area (Å²) in [5.74, 6) is -0.531. The van der Waals surface area contributed by atoms with E-state index < -0.39 is 4.92 Å². The fourth-order valence-electron chi connectivity index (χ4n) is 2.05. The second-order valence-electron chi connectivity index (χ2n) is 6.57. The lowest BCUT2D eigenvalue weighted by molar-refractivity contribution is -0.384. The Hall–Kier alpha value is -2.19. The molecule has 2 N–H and O–H groups in total. The number of rotatable bonds is 7. The molecule has 0 heterocycles. The first-order valence-corrected chi connectivity index (χ1v) is 8.16. The normalized spacial score (nSPS) is 11.3. The second kappa shape index (κ2) is 8.77. The highest BCUT2D eigenvalue weighted by atomic mass is 35.5. The van der Waals surface area contributed by atoms with Crippen LogP contribution in [0.4, 0.5) is 11.4 Å². The average molecular weight is 371 g/mol. The van der Waals surface area contributed by atoms with Crippen LogP contribution in [0.1, 0.15) is 27.7 Å². The number of carbonyl (C=O) groups is 2. The number of non-ortho nitro benzene ring substituents is 1. The molecule has 8 nitrogen and oxygen atoms in total. The molecule has 0 bridgehead atoms. The predicted molar refractivity (Wildman–Crippen MR) is 96.7 cm³/mol. The van der Waals surface area contributed by atoms with Gasteiger partial charge in [0.15, 0.2) is 0 Å². The van der Waals surface area contributed by atoms with Crippen molar-refractivity contribution in [3.8, 4) is 0 Å². The van der Waals surface area contributed by atoms with Crippen molar-refractivity contribution in [2.45, 2.75) is 33.2 Å². The van der Waals surface area contributed by atoms with E-state index in [1.165, 1.54) is 18.2 Å². The first-order valence-electron chi connectivity index (χ1n) is 7.79. The Balaban J connectivity index is 2.65. The quantitative estimate of drug-likeness (QED) is 0.566. The number of hydrogen-bond donors (Lipinski definition) is 2. The first kappa shape index (κ1) is 20.9. The molecule has 0 spiro atoms. The van der Waals surface area contributed by atoms with Gasteiger partial charge in [0.25, 0.3) is 5.69 Å². The molecule has 1 aromatic rings. The Morgan fingerprint density at radius 3 is 2.32 bits per heavy atom. The van der Waals surface area contributed by atoms with E-state index in [9.17, 15) is 19.7 Å². The highest BCUT2D eigenvalue weighted by Gasteiger charge is 2.18. The summed E-state index contributed by atoms with van der Waals surface area (Å²) in [7, 11) is 0. The summed E-state index contributed by atoms with van der Waals surface area (Å²) >= 11 is 5.95. The Kier molecular flexibility index (Phi) is 7.32. The molecule has 138 valence electrons. The smallest absolute Gasteiger partial charge is 0.271 e. The van der Waals surface area contributed by atoms with E-state index in [0.29, 0.717) is 6.54 Å². The van der Waals surface area contributed by atoms with E-state index in [2.05, 4.69) is 10.6 Å². The van der Waals surface area contributed by atoms with Crippen LogP contribution in [0, 0.1) is 10.1 Å². The van der Waals surface area contributed by atoms with Gasteiger partial charge in [0.05, 0.1) is 28.7 Å². The van der Waals surface area contributed by atoms with Crippen LogP contribution in [0.3, 0.4) is 0 Å². The van der Waals surface area contributed by atoms with Gasteiger partial charge >= 0.3 is 0 Å². The molecule has 0 aromatic heterocycles. The number of nitro groups is 1. The number of nitrogens with one attached hydrogen (secondary N) is 2. The molecule has 0 unspecified atom stereocenters. The molecule has 1 aromatic carbocycles. The lowest BCUT2D eigenvalue weighted by Gasteiger charge is -2.24. The van der Waals surface area contributed by atoms with E-state index in [4.69, 9.17) is 11.6 Å². The molecule has 25 heavy (non-hydrogen) atoms. The third-order valence-corrected chi connectivity index (χ3v) is 3.45. The standard InChI is InChI=1S/C16H23ClN4O4/c1-5-20(10-15(23)19-16(2,3)4)9-14(22)18-13-7-6-11(21(24)25)8-12(13)17/h6-8H,5,9-10H2,1-4H3,(H,18,22)(H,19,23). The molecule has 0 fully saturated rings. The van der Waals surface area contributed by atoms with E-state index in [-0.39, 0.29) is 46.8 Å². The van der Waals surface area contributed by atoms with Gasteiger partial charge in [-0.1, -0.05) is 18.5 Å². The topological polar surface area (TPSA) is 105 Å². The van der Waals surface area contributed by atoms with Gasteiger partial charge in [0.1, 0.15) is 0 Å². The second-order valence-corrected chi connectivity index (χ2v) is 6.98. The van der Waals surface area contributed by atoms with Gasteiger partial charge < -0.3 is 10.6 Å². The van der Waals surface area contributed by atoms with Crippen molar-refractivity contribution >= 4 is 34.8 Å². The van der Waals surface area contributed by atoms with Gasteiger partial charge in [0.2, 0.25) is 11.8 Å². The third-order valence-electron chi connectivity index (χ3n) is 3.13. The summed E-state index contributed by atoms with van der Waals surface area (Å²) in [4.78, 5) is 35.9. The molecule has 0 saturated heterocycles. The highest BCUT2D eigenvalue weighted by molar-refractivity contribution is 6.34. The SMILES string of the molecule is CCN(CC(=O)Nc1ccc([N+](=O)[O-])cc1Cl)CC(=O)NC(C)(C)C. The molecule has 0 saturated carbocycles. The summed E-state index contributed by atoms with van der Waals surface area (Å²) in [5, 5.41) is 16.2. The van der Waals surface area contributed by atoms with E-state index in [0.717, 1.165) is 0 Å². The van der Waals surface area contributed by atoms with Crippen molar-refractivity contribution in [3.05, 3.63) is 33.3 Å². The number of carbonyl (C=O) groups excluding carboxylic acids is 2. The largest absolute Gasteiger partial charge is 0.350 e. The zero-order chi connectivity index (χ0) is 19.2. The fourth-order valence-corrected chi connectivity index (χ4v) is 2.27. The zero-order valence-corrected chi connectivity index (χ0v) is 15.5. The van der Waals surface area contributed by atoms with Crippen molar-refractivity contribution < 1.29 is 14.5 Å². The van der Waals surface area contributed by atoms with Crippen molar-refractivity contribution in [1.82, 2.24) is 10.2 Å². The van der Waals surface area contributed by atoms with Crippen molar-refractivity contribution in [2.75, 3.05) is 25.0 Å². The lowest BCUT2D eigenvalue weighted by Crippen LogP contribution is -2.47. The molecule has 9 heteroatoms. The number of likely N-dealkylation sites (N-methyl/N-ethyl adjacent to an activating group) is 1. The Morgan fingerprint density at radius 2 is 1.84 bits per heavy atom. The molecular weight excluding hydrogens is 348 g/mol. The maximum atomic E-state index is 12.1. The molecule has 2 amide bonds. The molecule has 0 atom stereocenters. The molecule has 0 radical (unpaired) electrons. The van der Waals surface area contributed by atoms with Gasteiger partial charge in [-0.3, -0.25) is 24.6 Å². The van der Waals surface area contributed by atoms with Crippen molar-refractivity contribution in [1.29, 1.82) is 0 Å². The number of nitrogens with zero attached hydrogens (tertiary/aromatic N) is 2. The monoisotopic (exact) mass is 370 g/mol. The number of halogens is 1. The van der Waals surface area contributed by atoms with Crippen molar-refractivity contribution in [2.24, 2.45) is 0 Å². The molecule has 0 aliphatic carbocycles. The number of hydrogen-bond acceptors (Lipinski definition) is 5. The van der Waals surface area contributed by atoms with Crippen LogP contribution < -0.4 is 10.6 Å². The minimum atomic E-state index is -0.565. The van der Waals surface area contributed by atoms with Crippen LogP contribution in [-0.2, 0) is 9.59 Å². The van der Waals surface area contributed by atoms with Gasteiger partial charge in [0, 0.05) is 17.7 Å². The maximum Gasteiger partial charge on any atom is 0.271 e. The highest BCUT2D eigenvalue weighted by Crippen LogP contribution is 2.26. The summed E-state index contributed by atoms with van der Waals surface area (Å²) in [6.45, 7) is 8.09. The summed E-state index contributed by atoms with van der Waals surface area (Å²) in [6, 6.07) is 3.81. The summed E-state index contributed by atoms with van der Waals surface area (Å²) < 4.78 is 0. The number of benzene rings is 1. The Bertz CT molecular complexity index is 658. The summed E-state index contributed by atoms with van der Waals surface area (Å²) in [6.07, 6.45) is 0. The number of anilines is 1. The lowest BCUT2D eigenvalue weighted by atomic mass is 10.1. The van der Waals surface area contributed by atoms with E-state index in [1.807, 2.05) is 27.7 Å². The number of nitro benzene ring substituents is 1. The van der Waals surface area contributed by atoms with E-state index in [1.54, 1.807) is 4.90 Å². The Morgan fingerprint density at radius 1 is 1.24 bits per heavy atom. The predicted octanol–water partition coefficient (Wildman–Crippen LogP) is 2.42. The average Bonchev–Trinajstić information content (AvgIpc) is 2.46. The van der Waals surface area contributed by atoms with Crippen LogP contribution in [-0.4, -0.2) is 46.8 Å². The molecule has 0 aliphatic rings. The minimum absolute atomic E-state index is 0.00137. The Labute approximate surface area is 151 Å². The zero-order valence-electron chi connectivity index (χ0n) is 14.8. The van der Waals surface area contributed by atoms with E-state index >= 15 is 0 Å². The first-order chi connectivity index (χ1) is 11.5. The van der Waals surface area contributed by atoms with Crippen LogP contribution in [0.5, 0.6) is 0 Å². The van der Waals surface area contributed by atoms with Crippen LogP contribution in [0.25, 0.3) is 0 Å². The van der Waals surface area contributed by atoms with Gasteiger partial charge in [-0.15, -0.1) is 0 Å². The molecular formula is C16H23ClN4O4. The van der Waals surface area contributed by atoms with Gasteiger partial charge in [-0.2, -0.15) is 0 Å². The number of amides is 2. The van der Waals surface area contributed by atoms with Gasteiger partial charge in [-0.05, 0) is 33.4 Å². The maximum absolute atomic E-state index is 12.1. The van der Waals surface area contributed by atoms with Crippen molar-refractivity contribution in [3.63, 3.8) is 0 Å². The van der Waals surface area contributed by atoms with Gasteiger partial charge in [-0.25, -0.2) is 0 Å². The minimum Gasteiger partial charge on any atom is -0.350 e. The van der Waals surface area contributed by atoms with Crippen LogP contribution in [0.2, 0.25) is 5.02 Å². The molecule has 0 aliphatic heterocycles. The molecule has 1 rings (SSSR count). The third kappa shape index (κ3) is 7.49.